The van der Waals surface area contributed by atoms with E-state index < -0.39 is 0 Å². The number of fused-ring (bicyclic) bond motifs is 6. The van der Waals surface area contributed by atoms with Crippen molar-refractivity contribution in [1.29, 1.82) is 0 Å². The lowest BCUT2D eigenvalue weighted by molar-refractivity contribution is 0.536. The van der Waals surface area contributed by atoms with Gasteiger partial charge in [-0.15, -0.1) is 0 Å². The molecule has 2 heterocycles. The Morgan fingerprint density at radius 2 is 0.750 bits per heavy atom. The minimum atomic E-state index is 1.05. The molecule has 0 saturated heterocycles. The summed E-state index contributed by atoms with van der Waals surface area (Å²) in [6.45, 7) is 2.10. The summed E-state index contributed by atoms with van der Waals surface area (Å²) < 4.78 is 5.05. The molecular weight excluding hydrogens is 685 g/mol. The van der Waals surface area contributed by atoms with Crippen LogP contribution in [0.5, 0.6) is 0 Å². The quantitative estimate of drug-likeness (QED) is 0.0530. The summed E-state index contributed by atoms with van der Waals surface area (Å²) >= 11 is 0. The fourth-order valence-electron chi connectivity index (χ4n) is 8.11. The molecule has 0 aliphatic carbocycles. The van der Waals surface area contributed by atoms with Gasteiger partial charge in [-0.1, -0.05) is 123 Å². The van der Waals surface area contributed by atoms with Crippen LogP contribution < -0.4 is 10.0 Å². The molecule has 282 valence electrons. The number of unbranched alkanes of at least 4 members (excludes halogenated alkanes) is 7. The zero-order valence-electron chi connectivity index (χ0n) is 32.8. The molecule has 0 fully saturated rings. The summed E-state index contributed by atoms with van der Waals surface area (Å²) in [5.74, 6) is 0. The third kappa shape index (κ3) is 8.25. The molecule has 0 amide bonds. The minimum absolute atomic E-state index is 1.05. The van der Waals surface area contributed by atoms with Crippen LogP contribution in [0.15, 0.2) is 156 Å². The SMILES string of the molecule is CN(/N=C/c1ccc2c(c1)c1ccccc1n2CCCCCCCCCCn1c2ccccc2c2cc(/C=N/N(C)c3ccccc3)ccc21)c1ccccc1. The van der Waals surface area contributed by atoms with Crippen molar-refractivity contribution in [3.8, 4) is 0 Å². The number of nitrogens with zero attached hydrogens (tertiary/aromatic N) is 6. The van der Waals surface area contributed by atoms with Crippen LogP contribution in [0, 0.1) is 0 Å². The number of aryl methyl sites for hydroxylation is 2. The lowest BCUT2D eigenvalue weighted by Crippen LogP contribution is -2.08. The summed E-state index contributed by atoms with van der Waals surface area (Å²) in [6, 6.07) is 51.7. The Morgan fingerprint density at radius 1 is 0.393 bits per heavy atom. The molecule has 0 saturated carbocycles. The Kier molecular flexibility index (Phi) is 11.5. The van der Waals surface area contributed by atoms with Crippen molar-refractivity contribution in [2.24, 2.45) is 10.2 Å². The van der Waals surface area contributed by atoms with Crippen molar-refractivity contribution in [3.05, 3.63) is 157 Å². The fraction of sp³-hybridized carbons (Fsp3) is 0.240. The number of aromatic nitrogens is 2. The number of anilines is 2. The van der Waals surface area contributed by atoms with Crippen molar-refractivity contribution in [2.75, 3.05) is 24.1 Å². The van der Waals surface area contributed by atoms with Crippen LogP contribution in [0.1, 0.15) is 62.5 Å². The standard InChI is InChI=1S/C50H52N6/c1-53(41-21-11-9-12-22-41)51-37-39-29-31-49-45(35-39)43-25-15-17-27-47(43)55(49)33-19-7-5-3-4-6-8-20-34-56-48-28-18-16-26-44(48)46-36-40(30-32-50(46)56)38-52-54(2)42-23-13-10-14-24-42/h9-18,21-32,35-38H,3-8,19-20,33-34H2,1-2H3/b51-37+,52-38+. The zero-order valence-corrected chi connectivity index (χ0v) is 32.8. The van der Waals surface area contributed by atoms with Crippen LogP contribution >= 0.6 is 0 Å². The maximum absolute atomic E-state index is 4.71. The van der Waals surface area contributed by atoms with Gasteiger partial charge in [-0.3, -0.25) is 10.0 Å². The van der Waals surface area contributed by atoms with Crippen LogP contribution in [0.25, 0.3) is 43.6 Å². The molecule has 6 nitrogen and oxygen atoms in total. The number of benzene rings is 6. The Labute approximate surface area is 331 Å². The number of hydrogen-bond donors (Lipinski definition) is 0. The highest BCUT2D eigenvalue weighted by Crippen LogP contribution is 2.32. The van der Waals surface area contributed by atoms with E-state index in [4.69, 9.17) is 10.2 Å². The minimum Gasteiger partial charge on any atom is -0.340 e. The monoisotopic (exact) mass is 736 g/mol. The average molecular weight is 737 g/mol. The van der Waals surface area contributed by atoms with Crippen molar-refractivity contribution in [1.82, 2.24) is 9.13 Å². The second-order valence-electron chi connectivity index (χ2n) is 14.9. The summed E-state index contributed by atoms with van der Waals surface area (Å²) in [6.07, 6.45) is 14.1. The lowest BCUT2D eigenvalue weighted by Gasteiger charge is -2.12. The summed E-state index contributed by atoms with van der Waals surface area (Å²) in [5, 5.41) is 18.5. The van der Waals surface area contributed by atoms with E-state index in [1.807, 2.05) is 72.9 Å². The first-order chi connectivity index (χ1) is 27.6. The highest BCUT2D eigenvalue weighted by Gasteiger charge is 2.12. The zero-order chi connectivity index (χ0) is 38.1. The highest BCUT2D eigenvalue weighted by atomic mass is 15.4. The van der Waals surface area contributed by atoms with Gasteiger partial charge in [0.1, 0.15) is 0 Å². The molecule has 8 aromatic rings. The van der Waals surface area contributed by atoms with Crippen molar-refractivity contribution in [3.63, 3.8) is 0 Å². The Hall–Kier alpha value is -6.14. The van der Waals surface area contributed by atoms with Gasteiger partial charge in [0, 0.05) is 70.8 Å². The first-order valence-electron chi connectivity index (χ1n) is 20.3. The topological polar surface area (TPSA) is 41.1 Å². The second-order valence-corrected chi connectivity index (χ2v) is 14.9. The molecule has 0 spiro atoms. The van der Waals surface area contributed by atoms with E-state index in [1.165, 1.54) is 95.0 Å². The third-order valence-electron chi connectivity index (χ3n) is 11.1. The largest absolute Gasteiger partial charge is 0.340 e. The predicted molar refractivity (Wildman–Crippen MR) is 241 cm³/mol. The molecular formula is C50H52N6. The van der Waals surface area contributed by atoms with Gasteiger partial charge in [-0.25, -0.2) is 0 Å². The molecule has 6 aromatic carbocycles. The van der Waals surface area contributed by atoms with Gasteiger partial charge >= 0.3 is 0 Å². The molecule has 8 rings (SSSR count). The van der Waals surface area contributed by atoms with Gasteiger partial charge in [0.25, 0.3) is 0 Å². The van der Waals surface area contributed by atoms with E-state index in [0.717, 1.165) is 35.6 Å². The lowest BCUT2D eigenvalue weighted by atomic mass is 10.1. The molecule has 0 unspecified atom stereocenters. The molecule has 0 bridgehead atoms. The highest BCUT2D eigenvalue weighted by molar-refractivity contribution is 6.10. The summed E-state index contributed by atoms with van der Waals surface area (Å²) in [7, 11) is 3.98. The first-order valence-corrected chi connectivity index (χ1v) is 20.3. The van der Waals surface area contributed by atoms with E-state index in [1.54, 1.807) is 0 Å². The average Bonchev–Trinajstić information content (AvgIpc) is 3.74. The number of para-hydroxylation sites is 4. The number of rotatable bonds is 17. The van der Waals surface area contributed by atoms with Crippen LogP contribution in [0.3, 0.4) is 0 Å². The van der Waals surface area contributed by atoms with E-state index in [9.17, 15) is 0 Å². The molecule has 2 aromatic heterocycles. The third-order valence-corrected chi connectivity index (χ3v) is 11.1. The van der Waals surface area contributed by atoms with Crippen LogP contribution in [0.2, 0.25) is 0 Å². The van der Waals surface area contributed by atoms with E-state index >= 15 is 0 Å². The van der Waals surface area contributed by atoms with Gasteiger partial charge in [-0.05, 0) is 84.6 Å². The molecule has 56 heavy (non-hydrogen) atoms. The molecule has 0 radical (unpaired) electrons. The van der Waals surface area contributed by atoms with Gasteiger partial charge in [0.15, 0.2) is 0 Å². The normalized spacial score (nSPS) is 12.0. The fourth-order valence-corrected chi connectivity index (χ4v) is 8.11. The maximum Gasteiger partial charge on any atom is 0.0590 e. The van der Waals surface area contributed by atoms with E-state index in [0.29, 0.717) is 0 Å². The summed E-state index contributed by atoms with van der Waals surface area (Å²) in [5.41, 5.74) is 9.63. The maximum atomic E-state index is 4.71. The van der Waals surface area contributed by atoms with E-state index in [-0.39, 0.29) is 0 Å². The van der Waals surface area contributed by atoms with Crippen LogP contribution in [-0.4, -0.2) is 35.7 Å². The van der Waals surface area contributed by atoms with Crippen LogP contribution in [-0.2, 0) is 13.1 Å². The Balaban J connectivity index is 0.808. The first kappa shape index (κ1) is 36.8. The Bertz CT molecular complexity index is 2400. The molecule has 0 aliphatic heterocycles. The molecule has 6 heteroatoms. The van der Waals surface area contributed by atoms with Crippen molar-refractivity contribution in [2.45, 2.75) is 64.5 Å². The number of hydrazone groups is 2. The van der Waals surface area contributed by atoms with Crippen LogP contribution in [0.4, 0.5) is 11.4 Å². The van der Waals surface area contributed by atoms with Crippen molar-refractivity contribution >= 4 is 67.4 Å². The number of hydrogen-bond acceptors (Lipinski definition) is 4. The van der Waals surface area contributed by atoms with Gasteiger partial charge in [-0.2, -0.15) is 10.2 Å². The van der Waals surface area contributed by atoms with Gasteiger partial charge < -0.3 is 9.13 Å². The van der Waals surface area contributed by atoms with Crippen molar-refractivity contribution < 1.29 is 0 Å². The Morgan fingerprint density at radius 3 is 1.18 bits per heavy atom. The summed E-state index contributed by atoms with van der Waals surface area (Å²) in [4.78, 5) is 0. The second kappa shape index (κ2) is 17.5. The van der Waals surface area contributed by atoms with Gasteiger partial charge in [0.2, 0.25) is 0 Å². The molecule has 0 aliphatic rings. The molecule has 0 atom stereocenters. The molecule has 0 N–H and O–H groups in total. The smallest absolute Gasteiger partial charge is 0.0590 e. The predicted octanol–water partition coefficient (Wildman–Crippen LogP) is 12.7. The van der Waals surface area contributed by atoms with E-state index in [2.05, 4.69) is 118 Å². The van der Waals surface area contributed by atoms with Gasteiger partial charge in [0.05, 0.1) is 23.8 Å².